The highest BCUT2D eigenvalue weighted by molar-refractivity contribution is 7.89. The van der Waals surface area contributed by atoms with E-state index < -0.39 is 15.9 Å². The molecule has 0 saturated carbocycles. The molecule has 6 heteroatoms. The van der Waals surface area contributed by atoms with Crippen LogP contribution in [0.2, 0.25) is 0 Å². The lowest BCUT2D eigenvalue weighted by Crippen LogP contribution is -2.30. The summed E-state index contributed by atoms with van der Waals surface area (Å²) >= 11 is 0. The second-order valence-corrected chi connectivity index (χ2v) is 7.83. The van der Waals surface area contributed by atoms with Gasteiger partial charge in [-0.05, 0) is 30.0 Å². The van der Waals surface area contributed by atoms with Gasteiger partial charge in [0.25, 0.3) is 5.91 Å². The molecule has 0 unspecified atom stereocenters. The lowest BCUT2D eigenvalue weighted by Gasteiger charge is -2.19. The van der Waals surface area contributed by atoms with Crippen LogP contribution in [0.1, 0.15) is 38.8 Å². The normalized spacial score (nSPS) is 12.6. The number of nitrogens with one attached hydrogen (secondary N) is 1. The Kier molecular flexibility index (Phi) is 5.50. The predicted octanol–water partition coefficient (Wildman–Crippen LogP) is 2.50. The molecule has 0 aliphatic rings. The molecule has 0 aliphatic carbocycles. The van der Waals surface area contributed by atoms with Gasteiger partial charge in [0.05, 0.1) is 17.4 Å². The Labute approximate surface area is 131 Å². The Bertz CT molecular complexity index is 718. The fourth-order valence-corrected chi connectivity index (χ4v) is 2.60. The number of amides is 1. The van der Waals surface area contributed by atoms with Gasteiger partial charge in [0.2, 0.25) is 10.0 Å². The van der Waals surface area contributed by atoms with Crippen molar-refractivity contribution < 1.29 is 13.2 Å². The van der Waals surface area contributed by atoms with E-state index in [1.807, 2.05) is 31.6 Å². The maximum atomic E-state index is 12.0. The minimum atomic E-state index is -3.77. The van der Waals surface area contributed by atoms with Crippen molar-refractivity contribution in [2.75, 3.05) is 0 Å². The molecule has 0 spiro atoms. The van der Waals surface area contributed by atoms with Crippen LogP contribution in [0.15, 0.2) is 35.9 Å². The number of carbonyl (C=O) groups excluding carboxylic acids is 1. The second kappa shape index (κ2) is 6.75. The molecule has 0 saturated heterocycles. The average Bonchev–Trinajstić information content (AvgIpc) is 2.37. The molecule has 1 N–H and O–H groups in total. The zero-order valence-corrected chi connectivity index (χ0v) is 14.0. The van der Waals surface area contributed by atoms with Gasteiger partial charge < -0.3 is 0 Å². The minimum absolute atomic E-state index is 0.200. The Morgan fingerprint density at radius 1 is 1.27 bits per heavy atom. The number of hydrogen-bond acceptors (Lipinski definition) is 4. The fraction of sp³-hybridized carbons (Fsp3) is 0.375. The lowest BCUT2D eigenvalue weighted by atomic mass is 9.87. The molecule has 0 radical (unpaired) electrons. The Morgan fingerprint density at radius 2 is 1.82 bits per heavy atom. The van der Waals surface area contributed by atoms with Crippen LogP contribution >= 0.6 is 0 Å². The van der Waals surface area contributed by atoms with E-state index in [9.17, 15) is 13.2 Å². The van der Waals surface area contributed by atoms with Gasteiger partial charge in [-0.15, -0.1) is 0 Å². The summed E-state index contributed by atoms with van der Waals surface area (Å²) in [7, 11) is -3.77. The second-order valence-electron chi connectivity index (χ2n) is 6.11. The van der Waals surface area contributed by atoms with Gasteiger partial charge in [-0.2, -0.15) is 5.26 Å². The molecule has 0 heterocycles. The Balaban J connectivity index is 2.79. The summed E-state index contributed by atoms with van der Waals surface area (Å²) in [5.41, 5.74) is 1.55. The summed E-state index contributed by atoms with van der Waals surface area (Å²) in [4.78, 5) is 11.8. The van der Waals surface area contributed by atoms with E-state index in [0.29, 0.717) is 11.1 Å². The molecular formula is C16H20N2O3S. The molecule has 0 bridgehead atoms. The maximum Gasteiger partial charge on any atom is 0.257 e. The van der Waals surface area contributed by atoms with Crippen LogP contribution in [0.5, 0.6) is 0 Å². The van der Waals surface area contributed by atoms with E-state index in [1.165, 1.54) is 18.2 Å². The first-order chi connectivity index (χ1) is 10.0. The Morgan fingerprint density at radius 3 is 2.27 bits per heavy atom. The van der Waals surface area contributed by atoms with Crippen LogP contribution in [-0.2, 0) is 20.6 Å². The van der Waals surface area contributed by atoms with Crippen molar-refractivity contribution in [1.82, 2.24) is 4.72 Å². The number of nitriles is 1. The first-order valence-electron chi connectivity index (χ1n) is 6.76. The highest BCUT2D eigenvalue weighted by atomic mass is 32.2. The molecular weight excluding hydrogens is 300 g/mol. The van der Waals surface area contributed by atoms with Crippen molar-refractivity contribution in [3.63, 3.8) is 0 Å². The molecule has 1 amide bonds. The predicted molar refractivity (Wildman–Crippen MR) is 85.1 cm³/mol. The monoisotopic (exact) mass is 320 g/mol. The number of nitrogens with zero attached hydrogens (tertiary/aromatic N) is 1. The number of benzene rings is 1. The quantitative estimate of drug-likeness (QED) is 0.863. The highest BCUT2D eigenvalue weighted by Crippen LogP contribution is 2.23. The average molecular weight is 320 g/mol. The van der Waals surface area contributed by atoms with Crippen molar-refractivity contribution >= 4 is 15.9 Å². The smallest absolute Gasteiger partial charge is 0.257 e. The van der Waals surface area contributed by atoms with E-state index in [1.54, 1.807) is 19.1 Å². The number of hydrogen-bond donors (Lipinski definition) is 1. The summed E-state index contributed by atoms with van der Waals surface area (Å²) in [6.07, 6.45) is 1.30. The van der Waals surface area contributed by atoms with Gasteiger partial charge >= 0.3 is 0 Å². The third-order valence-corrected chi connectivity index (χ3v) is 4.45. The van der Waals surface area contributed by atoms with E-state index in [2.05, 4.69) is 0 Å². The van der Waals surface area contributed by atoms with Crippen LogP contribution in [0.4, 0.5) is 0 Å². The number of sulfonamides is 1. The molecule has 118 valence electrons. The molecule has 0 fully saturated rings. The van der Waals surface area contributed by atoms with Gasteiger partial charge in [0, 0.05) is 6.08 Å². The molecule has 0 atom stereocenters. The summed E-state index contributed by atoms with van der Waals surface area (Å²) in [5.74, 6) is -0.964. The van der Waals surface area contributed by atoms with E-state index in [-0.39, 0.29) is 11.2 Å². The van der Waals surface area contributed by atoms with Crippen molar-refractivity contribution in [3.05, 3.63) is 47.0 Å². The molecule has 0 aliphatic heterocycles. The van der Waals surface area contributed by atoms with E-state index in [4.69, 9.17) is 5.26 Å². The summed E-state index contributed by atoms with van der Waals surface area (Å²) in [6, 6.07) is 8.14. The molecule has 22 heavy (non-hydrogen) atoms. The largest absolute Gasteiger partial charge is 0.269 e. The van der Waals surface area contributed by atoms with Gasteiger partial charge in [-0.3, -0.25) is 4.79 Å². The SMILES string of the molecule is CC(=CC(=O)NS(=O)(=O)Cc1ccc(C#N)cc1)C(C)(C)C. The third kappa shape index (κ3) is 5.70. The van der Waals surface area contributed by atoms with Crippen LogP contribution < -0.4 is 4.72 Å². The number of allylic oxidation sites excluding steroid dienone is 1. The Hall–Kier alpha value is -2.13. The lowest BCUT2D eigenvalue weighted by molar-refractivity contribution is -0.114. The fourth-order valence-electron chi connectivity index (χ4n) is 1.53. The molecule has 1 rings (SSSR count). The number of carbonyl (C=O) groups is 1. The van der Waals surface area contributed by atoms with Crippen molar-refractivity contribution in [1.29, 1.82) is 5.26 Å². The topological polar surface area (TPSA) is 87.0 Å². The summed E-state index contributed by atoms with van der Waals surface area (Å²) in [5, 5.41) is 8.70. The third-order valence-electron chi connectivity index (χ3n) is 3.23. The minimum Gasteiger partial charge on any atom is -0.269 e. The van der Waals surface area contributed by atoms with Crippen LogP contribution in [0, 0.1) is 16.7 Å². The molecule has 0 aromatic heterocycles. The molecule has 1 aromatic rings. The van der Waals surface area contributed by atoms with Gasteiger partial charge in [-0.1, -0.05) is 38.5 Å². The summed E-state index contributed by atoms with van der Waals surface area (Å²) in [6.45, 7) is 7.61. The van der Waals surface area contributed by atoms with Crippen LogP contribution in [0.3, 0.4) is 0 Å². The van der Waals surface area contributed by atoms with Crippen molar-refractivity contribution in [2.45, 2.75) is 33.4 Å². The summed E-state index contributed by atoms with van der Waals surface area (Å²) < 4.78 is 26.0. The van der Waals surface area contributed by atoms with E-state index in [0.717, 1.165) is 5.57 Å². The van der Waals surface area contributed by atoms with Gasteiger partial charge in [0.15, 0.2) is 0 Å². The van der Waals surface area contributed by atoms with Gasteiger partial charge in [0.1, 0.15) is 0 Å². The highest BCUT2D eigenvalue weighted by Gasteiger charge is 2.17. The van der Waals surface area contributed by atoms with Crippen molar-refractivity contribution in [2.24, 2.45) is 5.41 Å². The van der Waals surface area contributed by atoms with Crippen LogP contribution in [0.25, 0.3) is 0 Å². The van der Waals surface area contributed by atoms with Gasteiger partial charge in [-0.25, -0.2) is 13.1 Å². The standard InChI is InChI=1S/C16H20N2O3S/c1-12(16(2,3)4)9-15(19)18-22(20,21)11-14-7-5-13(10-17)6-8-14/h5-9H,11H2,1-4H3,(H,18,19). The zero-order chi connectivity index (χ0) is 17.0. The zero-order valence-electron chi connectivity index (χ0n) is 13.2. The van der Waals surface area contributed by atoms with Crippen molar-refractivity contribution in [3.8, 4) is 6.07 Å². The van der Waals surface area contributed by atoms with E-state index >= 15 is 0 Å². The first kappa shape index (κ1) is 17.9. The van der Waals surface area contributed by atoms with Crippen LogP contribution in [-0.4, -0.2) is 14.3 Å². The molecule has 5 nitrogen and oxygen atoms in total. The number of rotatable bonds is 4. The maximum absolute atomic E-state index is 12.0. The molecule has 1 aromatic carbocycles. The first-order valence-corrected chi connectivity index (χ1v) is 8.41.